The Morgan fingerprint density at radius 1 is 1.44 bits per heavy atom. The Morgan fingerprint density at radius 3 is 2.81 bits per heavy atom. The van der Waals surface area contributed by atoms with Crippen molar-refractivity contribution < 1.29 is 8.81 Å². The van der Waals surface area contributed by atoms with Gasteiger partial charge in [0.15, 0.2) is 5.76 Å². The van der Waals surface area contributed by atoms with E-state index in [-0.39, 0.29) is 11.9 Å². The summed E-state index contributed by atoms with van der Waals surface area (Å²) < 4.78 is 18.9. The lowest BCUT2D eigenvalue weighted by Gasteiger charge is -2.01. The molecule has 1 aromatic carbocycles. The topological polar surface area (TPSA) is 52.0 Å². The van der Waals surface area contributed by atoms with Crippen LogP contribution in [0.1, 0.15) is 24.4 Å². The number of nitrogens with two attached hydrogens (primary N) is 1. The molecule has 3 nitrogen and oxygen atoms in total. The van der Waals surface area contributed by atoms with Crippen LogP contribution >= 0.6 is 0 Å². The summed E-state index contributed by atoms with van der Waals surface area (Å²) in [6, 6.07) is 4.56. The number of aromatic nitrogens is 1. The Hall–Kier alpha value is -1.68. The van der Waals surface area contributed by atoms with Crippen molar-refractivity contribution in [3.8, 4) is 11.3 Å². The first-order valence-electron chi connectivity index (χ1n) is 5.06. The number of benzene rings is 1. The first kappa shape index (κ1) is 10.8. The highest BCUT2D eigenvalue weighted by atomic mass is 19.1. The second kappa shape index (κ2) is 4.06. The molecular formula is C12H13FN2O. The minimum absolute atomic E-state index is 0.290. The molecule has 1 atom stereocenters. The van der Waals surface area contributed by atoms with Crippen LogP contribution in [0.4, 0.5) is 4.39 Å². The van der Waals surface area contributed by atoms with Gasteiger partial charge in [0, 0.05) is 0 Å². The number of aryl methyl sites for hydroxylation is 1. The maximum Gasteiger partial charge on any atom is 0.211 e. The van der Waals surface area contributed by atoms with Crippen LogP contribution in [0.3, 0.4) is 0 Å². The molecule has 1 heterocycles. The fraction of sp³-hybridized carbons (Fsp3) is 0.250. The lowest BCUT2D eigenvalue weighted by atomic mass is 10.1. The Kier molecular flexibility index (Phi) is 2.75. The summed E-state index contributed by atoms with van der Waals surface area (Å²) in [6.07, 6.45) is 1.50. The van der Waals surface area contributed by atoms with Gasteiger partial charge in [-0.25, -0.2) is 9.37 Å². The fourth-order valence-electron chi connectivity index (χ4n) is 1.45. The Balaban J connectivity index is 2.46. The van der Waals surface area contributed by atoms with Crippen molar-refractivity contribution in [2.24, 2.45) is 5.73 Å². The first-order valence-corrected chi connectivity index (χ1v) is 5.06. The maximum absolute atomic E-state index is 13.5. The number of rotatable bonds is 2. The van der Waals surface area contributed by atoms with Crippen LogP contribution in [0.15, 0.2) is 28.8 Å². The molecule has 0 spiro atoms. The molecule has 0 saturated carbocycles. The van der Waals surface area contributed by atoms with Crippen LogP contribution in [0.5, 0.6) is 0 Å². The van der Waals surface area contributed by atoms with Crippen LogP contribution in [0.25, 0.3) is 11.3 Å². The van der Waals surface area contributed by atoms with Crippen molar-refractivity contribution in [1.29, 1.82) is 0 Å². The lowest BCUT2D eigenvalue weighted by molar-refractivity contribution is 0.471. The van der Waals surface area contributed by atoms with E-state index in [2.05, 4.69) is 4.98 Å². The molecule has 0 aliphatic carbocycles. The number of halogens is 1. The molecule has 2 aromatic rings. The van der Waals surface area contributed by atoms with Gasteiger partial charge in [-0.1, -0.05) is 11.6 Å². The molecule has 0 saturated heterocycles. The highest BCUT2D eigenvalue weighted by molar-refractivity contribution is 5.58. The second-order valence-corrected chi connectivity index (χ2v) is 3.83. The third-order valence-electron chi connectivity index (χ3n) is 2.30. The highest BCUT2D eigenvalue weighted by Crippen LogP contribution is 2.25. The zero-order chi connectivity index (χ0) is 11.7. The zero-order valence-corrected chi connectivity index (χ0v) is 9.20. The van der Waals surface area contributed by atoms with Crippen LogP contribution in [0, 0.1) is 12.7 Å². The summed E-state index contributed by atoms with van der Waals surface area (Å²) in [5.41, 5.74) is 7.01. The largest absolute Gasteiger partial charge is 0.439 e. The number of hydrogen-bond donors (Lipinski definition) is 1. The van der Waals surface area contributed by atoms with E-state index in [4.69, 9.17) is 10.2 Å². The molecule has 0 aliphatic heterocycles. The third kappa shape index (κ3) is 1.97. The quantitative estimate of drug-likeness (QED) is 0.846. The minimum atomic E-state index is -0.321. The molecule has 4 heteroatoms. The number of nitrogens with zero attached hydrogens (tertiary/aromatic N) is 1. The molecule has 2 rings (SSSR count). The summed E-state index contributed by atoms with van der Waals surface area (Å²) in [5.74, 6) is 0.502. The average Bonchev–Trinajstić information content (AvgIpc) is 2.70. The standard InChI is InChI=1S/C12H13FN2O/c1-7-3-4-10(13)9(5-7)11-6-15-12(16-11)8(2)14/h3-6,8H,14H2,1-2H3. The van der Waals surface area contributed by atoms with Gasteiger partial charge in [-0.3, -0.25) is 0 Å². The van der Waals surface area contributed by atoms with Gasteiger partial charge >= 0.3 is 0 Å². The first-order chi connectivity index (χ1) is 7.58. The van der Waals surface area contributed by atoms with Crippen molar-refractivity contribution in [3.05, 3.63) is 41.7 Å². The maximum atomic E-state index is 13.5. The van der Waals surface area contributed by atoms with Crippen LogP contribution in [0.2, 0.25) is 0 Å². The van der Waals surface area contributed by atoms with E-state index in [1.165, 1.54) is 12.3 Å². The van der Waals surface area contributed by atoms with Gasteiger partial charge in [-0.05, 0) is 26.0 Å². The molecule has 0 fully saturated rings. The van der Waals surface area contributed by atoms with Gasteiger partial charge in [-0.2, -0.15) is 0 Å². The van der Waals surface area contributed by atoms with Gasteiger partial charge in [-0.15, -0.1) is 0 Å². The summed E-state index contributed by atoms with van der Waals surface area (Å²) in [4.78, 5) is 4.00. The molecule has 1 aromatic heterocycles. The van der Waals surface area contributed by atoms with Gasteiger partial charge in [0.1, 0.15) is 5.82 Å². The van der Waals surface area contributed by atoms with E-state index < -0.39 is 0 Å². The van der Waals surface area contributed by atoms with Crippen molar-refractivity contribution in [1.82, 2.24) is 4.98 Å². The normalized spacial score (nSPS) is 12.8. The molecule has 2 N–H and O–H groups in total. The molecule has 84 valence electrons. The van der Waals surface area contributed by atoms with E-state index in [1.807, 2.05) is 6.92 Å². The monoisotopic (exact) mass is 220 g/mol. The number of hydrogen-bond acceptors (Lipinski definition) is 3. The van der Waals surface area contributed by atoms with E-state index in [0.29, 0.717) is 17.2 Å². The summed E-state index contributed by atoms with van der Waals surface area (Å²) in [6.45, 7) is 3.66. The van der Waals surface area contributed by atoms with E-state index in [9.17, 15) is 4.39 Å². The van der Waals surface area contributed by atoms with E-state index in [0.717, 1.165) is 5.56 Å². The molecular weight excluding hydrogens is 207 g/mol. The third-order valence-corrected chi connectivity index (χ3v) is 2.30. The molecule has 1 unspecified atom stereocenters. The smallest absolute Gasteiger partial charge is 0.211 e. The van der Waals surface area contributed by atoms with E-state index in [1.54, 1.807) is 19.1 Å². The van der Waals surface area contributed by atoms with Crippen molar-refractivity contribution in [2.45, 2.75) is 19.9 Å². The Labute approximate surface area is 93.1 Å². The zero-order valence-electron chi connectivity index (χ0n) is 9.20. The minimum Gasteiger partial charge on any atom is -0.439 e. The average molecular weight is 220 g/mol. The second-order valence-electron chi connectivity index (χ2n) is 3.83. The SMILES string of the molecule is Cc1ccc(F)c(-c2cnc(C(C)N)o2)c1. The van der Waals surface area contributed by atoms with Gasteiger partial charge in [0.2, 0.25) is 5.89 Å². The Morgan fingerprint density at radius 2 is 2.19 bits per heavy atom. The molecule has 0 radical (unpaired) electrons. The molecule has 0 aliphatic rings. The predicted molar refractivity (Wildman–Crippen MR) is 59.2 cm³/mol. The number of oxazole rings is 1. The van der Waals surface area contributed by atoms with Crippen molar-refractivity contribution >= 4 is 0 Å². The van der Waals surface area contributed by atoms with Crippen LogP contribution in [-0.4, -0.2) is 4.98 Å². The van der Waals surface area contributed by atoms with Crippen LogP contribution < -0.4 is 5.73 Å². The van der Waals surface area contributed by atoms with Gasteiger partial charge in [0.25, 0.3) is 0 Å². The van der Waals surface area contributed by atoms with Crippen LogP contribution in [-0.2, 0) is 0 Å². The molecule has 0 bridgehead atoms. The fourth-order valence-corrected chi connectivity index (χ4v) is 1.45. The van der Waals surface area contributed by atoms with Crippen molar-refractivity contribution in [3.63, 3.8) is 0 Å². The summed E-state index contributed by atoms with van der Waals surface area (Å²) in [7, 11) is 0. The van der Waals surface area contributed by atoms with Gasteiger partial charge < -0.3 is 10.2 Å². The molecule has 0 amide bonds. The molecule has 16 heavy (non-hydrogen) atoms. The summed E-state index contributed by atoms with van der Waals surface area (Å²) >= 11 is 0. The van der Waals surface area contributed by atoms with E-state index >= 15 is 0 Å². The van der Waals surface area contributed by atoms with Crippen molar-refractivity contribution in [2.75, 3.05) is 0 Å². The Bertz CT molecular complexity index is 505. The summed E-state index contributed by atoms with van der Waals surface area (Å²) in [5, 5.41) is 0. The van der Waals surface area contributed by atoms with Gasteiger partial charge in [0.05, 0.1) is 17.8 Å². The predicted octanol–water partition coefficient (Wildman–Crippen LogP) is 2.81. The lowest BCUT2D eigenvalue weighted by Crippen LogP contribution is -2.04. The highest BCUT2D eigenvalue weighted by Gasteiger charge is 2.12.